The largest absolute Gasteiger partial charge is 0.322 e. The van der Waals surface area contributed by atoms with Crippen LogP contribution < -0.4 is 5.32 Å². The molecule has 8 heteroatoms. The number of fused-ring (bicyclic) bond motifs is 1. The molecular weight excluding hydrogens is 467 g/mol. The molecule has 0 bridgehead atoms. The molecule has 0 saturated heterocycles. The molecule has 4 rings (SSSR count). The molecule has 2 aromatic rings. The minimum absolute atomic E-state index is 0.0821. The highest BCUT2D eigenvalue weighted by atomic mass is 127. The predicted octanol–water partition coefficient (Wildman–Crippen LogP) is 3.16. The first-order valence-corrected chi connectivity index (χ1v) is 10.6. The van der Waals surface area contributed by atoms with Crippen molar-refractivity contribution in [2.75, 3.05) is 5.32 Å². The molecule has 134 valence electrons. The van der Waals surface area contributed by atoms with Crippen LogP contribution in [0.2, 0.25) is 0 Å². The average molecular weight is 482 g/mol. The van der Waals surface area contributed by atoms with E-state index in [0.29, 0.717) is 18.5 Å². The number of anilines is 1. The molecule has 1 aliphatic heterocycles. The number of aryl methyl sites for hydroxylation is 1. The van der Waals surface area contributed by atoms with Crippen molar-refractivity contribution < 1.29 is 18.0 Å². The first-order chi connectivity index (χ1) is 12.3. The quantitative estimate of drug-likeness (QED) is 0.682. The van der Waals surface area contributed by atoms with Crippen molar-refractivity contribution in [3.63, 3.8) is 0 Å². The monoisotopic (exact) mass is 482 g/mol. The lowest BCUT2D eigenvalue weighted by atomic mass is 10.1. The number of sulfonamides is 1. The van der Waals surface area contributed by atoms with Gasteiger partial charge in [-0.2, -0.15) is 0 Å². The minimum atomic E-state index is -3.87. The number of nitrogens with one attached hydrogen (secondary N) is 1. The lowest BCUT2D eigenvalue weighted by Crippen LogP contribution is -2.31. The number of carbonyl (C=O) groups excluding carboxylic acids is 2. The second-order valence-electron chi connectivity index (χ2n) is 6.46. The van der Waals surface area contributed by atoms with Gasteiger partial charge < -0.3 is 5.32 Å². The molecule has 2 aliphatic rings. The van der Waals surface area contributed by atoms with E-state index in [2.05, 4.69) is 27.9 Å². The van der Waals surface area contributed by atoms with Crippen LogP contribution in [-0.4, -0.2) is 30.6 Å². The number of nitrogens with zero attached hydrogens (tertiary/aromatic N) is 1. The van der Waals surface area contributed by atoms with Crippen LogP contribution in [0.3, 0.4) is 0 Å². The zero-order chi connectivity index (χ0) is 18.6. The molecule has 1 saturated carbocycles. The number of benzene rings is 2. The molecule has 6 nitrogen and oxygen atoms in total. The first-order valence-electron chi connectivity index (χ1n) is 8.09. The molecule has 0 aromatic heterocycles. The highest BCUT2D eigenvalue weighted by Crippen LogP contribution is 2.39. The normalized spacial score (nSPS) is 17.9. The zero-order valence-electron chi connectivity index (χ0n) is 13.8. The third kappa shape index (κ3) is 2.81. The second kappa shape index (κ2) is 6.05. The van der Waals surface area contributed by atoms with Crippen LogP contribution in [0, 0.1) is 10.5 Å². The third-order valence-electron chi connectivity index (χ3n) is 4.53. The van der Waals surface area contributed by atoms with E-state index in [9.17, 15) is 18.0 Å². The fraction of sp³-hybridized carbons (Fsp3) is 0.222. The number of hydrogen-bond acceptors (Lipinski definition) is 4. The van der Waals surface area contributed by atoms with Crippen LogP contribution >= 0.6 is 22.6 Å². The summed E-state index contributed by atoms with van der Waals surface area (Å²) in [7, 11) is -3.87. The fourth-order valence-corrected chi connectivity index (χ4v) is 5.51. The Labute approximate surface area is 164 Å². The molecule has 0 spiro atoms. The molecule has 2 amide bonds. The van der Waals surface area contributed by atoms with E-state index in [4.69, 9.17) is 0 Å². The third-order valence-corrected chi connectivity index (χ3v) is 7.07. The molecule has 0 atom stereocenters. The van der Waals surface area contributed by atoms with Gasteiger partial charge in [-0.25, -0.2) is 12.7 Å². The van der Waals surface area contributed by atoms with Crippen LogP contribution in [-0.2, 0) is 10.0 Å². The van der Waals surface area contributed by atoms with Crippen LogP contribution in [0.5, 0.6) is 0 Å². The minimum Gasteiger partial charge on any atom is -0.322 e. The van der Waals surface area contributed by atoms with Gasteiger partial charge in [-0.05, 0) is 84.3 Å². The molecule has 0 radical (unpaired) electrons. The summed E-state index contributed by atoms with van der Waals surface area (Å²) < 4.78 is 27.4. The maximum atomic E-state index is 12.7. The molecular formula is C18H15IN2O4S. The van der Waals surface area contributed by atoms with Crippen molar-refractivity contribution in [2.24, 2.45) is 0 Å². The Morgan fingerprint density at radius 3 is 2.58 bits per heavy atom. The van der Waals surface area contributed by atoms with Gasteiger partial charge in [0.1, 0.15) is 4.90 Å². The molecule has 1 N–H and O–H groups in total. The second-order valence-corrected chi connectivity index (χ2v) is 9.49. The van der Waals surface area contributed by atoms with Crippen LogP contribution in [0.4, 0.5) is 5.69 Å². The summed E-state index contributed by atoms with van der Waals surface area (Å²) in [5.74, 6) is -0.910. The van der Waals surface area contributed by atoms with Crippen molar-refractivity contribution in [3.05, 3.63) is 56.7 Å². The summed E-state index contributed by atoms with van der Waals surface area (Å²) in [6, 6.07) is 9.58. The van der Waals surface area contributed by atoms with Gasteiger partial charge in [0.2, 0.25) is 0 Å². The Hall–Kier alpha value is -1.94. The Balaban J connectivity index is 1.67. The zero-order valence-corrected chi connectivity index (χ0v) is 16.8. The number of rotatable bonds is 3. The lowest BCUT2D eigenvalue weighted by Gasteiger charge is -2.13. The van der Waals surface area contributed by atoms with Crippen molar-refractivity contribution in [3.8, 4) is 0 Å². The van der Waals surface area contributed by atoms with E-state index in [-0.39, 0.29) is 22.1 Å². The van der Waals surface area contributed by atoms with Crippen molar-refractivity contribution in [1.82, 2.24) is 4.31 Å². The predicted molar refractivity (Wildman–Crippen MR) is 105 cm³/mol. The first kappa shape index (κ1) is 17.5. The van der Waals surface area contributed by atoms with E-state index in [1.807, 2.05) is 19.1 Å². The molecule has 26 heavy (non-hydrogen) atoms. The van der Waals surface area contributed by atoms with E-state index in [0.717, 1.165) is 13.4 Å². The van der Waals surface area contributed by atoms with E-state index >= 15 is 0 Å². The fourth-order valence-electron chi connectivity index (χ4n) is 3.02. The Bertz CT molecular complexity index is 1060. The van der Waals surface area contributed by atoms with Gasteiger partial charge >= 0.3 is 0 Å². The van der Waals surface area contributed by atoms with Gasteiger partial charge in [0.25, 0.3) is 21.8 Å². The van der Waals surface area contributed by atoms with Crippen molar-refractivity contribution in [2.45, 2.75) is 30.7 Å². The van der Waals surface area contributed by atoms with E-state index < -0.39 is 21.8 Å². The highest BCUT2D eigenvalue weighted by molar-refractivity contribution is 14.1. The van der Waals surface area contributed by atoms with E-state index in [1.54, 1.807) is 6.07 Å². The number of hydrogen-bond donors (Lipinski definition) is 1. The topological polar surface area (TPSA) is 83.6 Å². The number of carbonyl (C=O) groups is 2. The SMILES string of the molecule is Cc1cc(I)ccc1NC(=O)c1ccc2c(c1)S(=O)(=O)N(C1CC1)C2=O. The molecule has 1 aliphatic carbocycles. The Morgan fingerprint density at radius 1 is 1.19 bits per heavy atom. The van der Waals surface area contributed by atoms with Gasteiger partial charge in [0.15, 0.2) is 0 Å². The maximum absolute atomic E-state index is 12.7. The number of halogens is 1. The summed E-state index contributed by atoms with van der Waals surface area (Å²) in [5.41, 5.74) is 1.91. The summed E-state index contributed by atoms with van der Waals surface area (Å²) in [5, 5.41) is 2.79. The summed E-state index contributed by atoms with van der Waals surface area (Å²) in [6.45, 7) is 1.89. The lowest BCUT2D eigenvalue weighted by molar-refractivity contribution is 0.0864. The maximum Gasteiger partial charge on any atom is 0.269 e. The van der Waals surface area contributed by atoms with Gasteiger partial charge in [-0.1, -0.05) is 0 Å². The van der Waals surface area contributed by atoms with Gasteiger partial charge in [-0.15, -0.1) is 0 Å². The Kier molecular flexibility index (Phi) is 4.07. The summed E-state index contributed by atoms with van der Waals surface area (Å²) >= 11 is 2.19. The van der Waals surface area contributed by atoms with Crippen molar-refractivity contribution in [1.29, 1.82) is 0 Å². The van der Waals surface area contributed by atoms with Gasteiger partial charge in [-0.3, -0.25) is 9.59 Å². The smallest absolute Gasteiger partial charge is 0.269 e. The van der Waals surface area contributed by atoms with Crippen molar-refractivity contribution >= 4 is 50.1 Å². The molecule has 0 unspecified atom stereocenters. The van der Waals surface area contributed by atoms with Gasteiger partial charge in [0.05, 0.1) is 5.56 Å². The van der Waals surface area contributed by atoms with Crippen LogP contribution in [0.25, 0.3) is 0 Å². The standard InChI is InChI=1S/C18H15IN2O4S/c1-10-8-12(19)3-7-15(10)20-17(22)11-2-6-14-16(9-11)26(24,25)21(18(14)23)13-4-5-13/h2-3,6-9,13H,4-5H2,1H3,(H,20,22). The molecule has 2 aromatic carbocycles. The number of amides is 2. The van der Waals surface area contributed by atoms with Crippen LogP contribution in [0.15, 0.2) is 41.3 Å². The highest BCUT2D eigenvalue weighted by Gasteiger charge is 2.48. The molecule has 1 heterocycles. The van der Waals surface area contributed by atoms with Gasteiger partial charge in [0, 0.05) is 20.9 Å². The summed E-state index contributed by atoms with van der Waals surface area (Å²) in [4.78, 5) is 24.9. The average Bonchev–Trinajstić information content (AvgIpc) is 3.38. The Morgan fingerprint density at radius 2 is 1.92 bits per heavy atom. The summed E-state index contributed by atoms with van der Waals surface area (Å²) in [6.07, 6.45) is 1.39. The molecule has 1 fully saturated rings. The van der Waals surface area contributed by atoms with Crippen LogP contribution in [0.1, 0.15) is 39.1 Å². The van der Waals surface area contributed by atoms with E-state index in [1.165, 1.54) is 18.2 Å².